The molecule has 0 bridgehead atoms. The van der Waals surface area contributed by atoms with E-state index in [1.807, 2.05) is 61.5 Å². The summed E-state index contributed by atoms with van der Waals surface area (Å²) in [5.74, 6) is -0.566. The summed E-state index contributed by atoms with van der Waals surface area (Å²) in [6.07, 6.45) is 13.7. The molecule has 6 heteroatoms. The largest absolute Gasteiger partial charge is 0.459 e. The van der Waals surface area contributed by atoms with E-state index in [2.05, 4.69) is 34.6 Å². The van der Waals surface area contributed by atoms with Gasteiger partial charge in [-0.3, -0.25) is 19.5 Å². The van der Waals surface area contributed by atoms with Crippen molar-refractivity contribution in [2.24, 2.45) is 0 Å². The van der Waals surface area contributed by atoms with E-state index < -0.39 is 11.9 Å². The molecule has 39 heavy (non-hydrogen) atoms. The zero-order valence-corrected chi connectivity index (χ0v) is 21.9. The minimum atomic E-state index is -0.966. The number of aromatic nitrogens is 1. The van der Waals surface area contributed by atoms with Gasteiger partial charge in [0.25, 0.3) is 5.91 Å². The van der Waals surface area contributed by atoms with Gasteiger partial charge in [0, 0.05) is 23.6 Å². The van der Waals surface area contributed by atoms with Crippen LogP contribution >= 0.6 is 0 Å². The van der Waals surface area contributed by atoms with Crippen molar-refractivity contribution in [3.05, 3.63) is 144 Å². The number of hydrogen-bond acceptors (Lipinski definition) is 4. The molecule has 4 aromatic rings. The van der Waals surface area contributed by atoms with Crippen molar-refractivity contribution in [3.8, 4) is 0 Å². The van der Waals surface area contributed by atoms with Gasteiger partial charge in [0.05, 0.1) is 12.3 Å². The SMILES string of the molecule is C[C@H](NC(=O)C(c1cccnc1)N(C(=O)c1ccco1)c1ccc(Cc2ccccc2)cc1)C1=CCCC=C1. The van der Waals surface area contributed by atoms with Crippen molar-refractivity contribution < 1.29 is 14.0 Å². The molecular formula is C33H31N3O3. The van der Waals surface area contributed by atoms with Gasteiger partial charge in [-0.2, -0.15) is 0 Å². The Bertz CT molecular complexity index is 1440. The van der Waals surface area contributed by atoms with Crippen molar-refractivity contribution in [2.45, 2.75) is 38.3 Å². The Morgan fingerprint density at radius 1 is 0.949 bits per heavy atom. The highest BCUT2D eigenvalue weighted by atomic mass is 16.3. The average molecular weight is 518 g/mol. The molecule has 1 aliphatic rings. The number of nitrogens with zero attached hydrogens (tertiary/aromatic N) is 2. The van der Waals surface area contributed by atoms with E-state index >= 15 is 0 Å². The first-order valence-corrected chi connectivity index (χ1v) is 13.2. The third-order valence-corrected chi connectivity index (χ3v) is 6.81. The van der Waals surface area contributed by atoms with Crippen LogP contribution in [-0.4, -0.2) is 22.8 Å². The van der Waals surface area contributed by atoms with Gasteiger partial charge in [-0.1, -0.05) is 66.8 Å². The van der Waals surface area contributed by atoms with Crippen molar-refractivity contribution in [1.82, 2.24) is 10.3 Å². The highest BCUT2D eigenvalue weighted by Crippen LogP contribution is 2.31. The topological polar surface area (TPSA) is 75.4 Å². The molecule has 0 radical (unpaired) electrons. The molecule has 196 valence electrons. The molecule has 1 unspecified atom stereocenters. The van der Waals surface area contributed by atoms with Crippen LogP contribution in [0.5, 0.6) is 0 Å². The molecule has 2 heterocycles. The molecule has 6 nitrogen and oxygen atoms in total. The Morgan fingerprint density at radius 3 is 2.41 bits per heavy atom. The third-order valence-electron chi connectivity index (χ3n) is 6.81. The predicted molar refractivity (Wildman–Crippen MR) is 152 cm³/mol. The summed E-state index contributed by atoms with van der Waals surface area (Å²) in [5.41, 5.74) is 4.53. The number of amides is 2. The number of benzene rings is 2. The number of anilines is 1. The molecule has 2 aromatic carbocycles. The third kappa shape index (κ3) is 6.24. The normalized spacial score (nSPS) is 14.2. The fourth-order valence-corrected chi connectivity index (χ4v) is 4.79. The second kappa shape index (κ2) is 12.2. The summed E-state index contributed by atoms with van der Waals surface area (Å²) in [6, 6.07) is 23.6. The summed E-state index contributed by atoms with van der Waals surface area (Å²) in [4.78, 5) is 33.6. The molecule has 1 N–H and O–H groups in total. The highest BCUT2D eigenvalue weighted by Gasteiger charge is 2.35. The first kappa shape index (κ1) is 25.9. The number of furan rings is 1. The number of carbonyl (C=O) groups excluding carboxylic acids is 2. The number of rotatable bonds is 9. The van der Waals surface area contributed by atoms with Gasteiger partial charge in [0.2, 0.25) is 5.91 Å². The second-order valence-electron chi connectivity index (χ2n) is 9.58. The van der Waals surface area contributed by atoms with E-state index in [0.29, 0.717) is 11.3 Å². The maximum atomic E-state index is 14.0. The summed E-state index contributed by atoms with van der Waals surface area (Å²) in [5, 5.41) is 3.13. The van der Waals surface area contributed by atoms with Gasteiger partial charge < -0.3 is 9.73 Å². The summed E-state index contributed by atoms with van der Waals surface area (Å²) in [7, 11) is 0. The maximum Gasteiger partial charge on any atom is 0.294 e. The Labute approximate surface area is 228 Å². The molecule has 0 saturated carbocycles. The van der Waals surface area contributed by atoms with Crippen LogP contribution in [0.2, 0.25) is 0 Å². The van der Waals surface area contributed by atoms with Crippen LogP contribution in [0, 0.1) is 0 Å². The van der Waals surface area contributed by atoms with Crippen LogP contribution in [0.4, 0.5) is 5.69 Å². The van der Waals surface area contributed by atoms with Gasteiger partial charge in [0.1, 0.15) is 6.04 Å². The minimum absolute atomic E-state index is 0.149. The molecule has 0 saturated heterocycles. The summed E-state index contributed by atoms with van der Waals surface area (Å²) < 4.78 is 5.49. The zero-order valence-electron chi connectivity index (χ0n) is 21.9. The van der Waals surface area contributed by atoms with E-state index in [1.54, 1.807) is 30.6 Å². The van der Waals surface area contributed by atoms with E-state index in [4.69, 9.17) is 4.42 Å². The fourth-order valence-electron chi connectivity index (χ4n) is 4.79. The molecular weight excluding hydrogens is 486 g/mol. The molecule has 0 spiro atoms. The molecule has 0 fully saturated rings. The molecule has 2 amide bonds. The molecule has 2 atom stereocenters. The number of carbonyl (C=O) groups is 2. The lowest BCUT2D eigenvalue weighted by atomic mass is 9.99. The van der Waals surface area contributed by atoms with Gasteiger partial charge in [0.15, 0.2) is 5.76 Å². The van der Waals surface area contributed by atoms with Crippen molar-refractivity contribution in [1.29, 1.82) is 0 Å². The summed E-state index contributed by atoms with van der Waals surface area (Å²) in [6.45, 7) is 1.96. The van der Waals surface area contributed by atoms with Gasteiger partial charge >= 0.3 is 0 Å². The van der Waals surface area contributed by atoms with Gasteiger partial charge in [-0.25, -0.2) is 0 Å². The van der Waals surface area contributed by atoms with Crippen LogP contribution in [-0.2, 0) is 11.2 Å². The number of hydrogen-bond donors (Lipinski definition) is 1. The van der Waals surface area contributed by atoms with Gasteiger partial charge in [-0.15, -0.1) is 0 Å². The number of pyridine rings is 1. The maximum absolute atomic E-state index is 14.0. The molecule has 5 rings (SSSR count). The lowest BCUT2D eigenvalue weighted by molar-refractivity contribution is -0.122. The van der Waals surface area contributed by atoms with Crippen molar-refractivity contribution in [2.75, 3.05) is 4.90 Å². The Kier molecular flexibility index (Phi) is 8.12. The standard InChI is InChI=1S/C33H31N3O3/c1-24(27-12-6-3-7-13-27)35-32(37)31(28-14-8-20-34-23-28)36(33(38)30-15-9-21-39-30)29-18-16-26(17-19-29)22-25-10-4-2-5-11-25/h2,4-6,8-21,23-24,31H,3,7,22H2,1H3,(H,35,37)/t24-,31?/m0/s1. The second-order valence-corrected chi connectivity index (χ2v) is 9.58. The Balaban J connectivity index is 1.51. The minimum Gasteiger partial charge on any atom is -0.459 e. The van der Waals surface area contributed by atoms with Crippen molar-refractivity contribution in [3.63, 3.8) is 0 Å². The van der Waals surface area contributed by atoms with Crippen LogP contribution < -0.4 is 10.2 Å². The lowest BCUT2D eigenvalue weighted by Crippen LogP contribution is -2.46. The van der Waals surface area contributed by atoms with E-state index in [-0.39, 0.29) is 17.7 Å². The zero-order chi connectivity index (χ0) is 27.0. The van der Waals surface area contributed by atoms with E-state index in [1.165, 1.54) is 16.7 Å². The fraction of sp³-hybridized carbons (Fsp3) is 0.182. The van der Waals surface area contributed by atoms with E-state index in [0.717, 1.165) is 30.4 Å². The highest BCUT2D eigenvalue weighted by molar-refractivity contribution is 6.08. The monoisotopic (exact) mass is 517 g/mol. The van der Waals surface area contributed by atoms with Crippen LogP contribution in [0.25, 0.3) is 0 Å². The smallest absolute Gasteiger partial charge is 0.294 e. The molecule has 0 aliphatic heterocycles. The van der Waals surface area contributed by atoms with E-state index in [9.17, 15) is 9.59 Å². The Morgan fingerprint density at radius 2 is 1.74 bits per heavy atom. The quantitative estimate of drug-likeness (QED) is 0.277. The average Bonchev–Trinajstić information content (AvgIpc) is 3.53. The van der Waals surface area contributed by atoms with Crippen LogP contribution in [0.15, 0.2) is 126 Å². The molecule has 2 aromatic heterocycles. The molecule has 1 aliphatic carbocycles. The number of nitrogens with one attached hydrogen (secondary N) is 1. The predicted octanol–water partition coefficient (Wildman–Crippen LogP) is 6.43. The van der Waals surface area contributed by atoms with Crippen LogP contribution in [0.1, 0.15) is 53.1 Å². The first-order valence-electron chi connectivity index (χ1n) is 13.2. The lowest BCUT2D eigenvalue weighted by Gasteiger charge is -2.32. The first-order chi connectivity index (χ1) is 19.1. The summed E-state index contributed by atoms with van der Waals surface area (Å²) >= 11 is 0. The number of allylic oxidation sites excluding steroid dienone is 2. The van der Waals surface area contributed by atoms with Crippen molar-refractivity contribution >= 4 is 17.5 Å². The Hall–Kier alpha value is -4.71. The van der Waals surface area contributed by atoms with Gasteiger partial charge in [-0.05, 0) is 73.2 Å². The van der Waals surface area contributed by atoms with Crippen LogP contribution in [0.3, 0.4) is 0 Å².